The fourth-order valence-electron chi connectivity index (χ4n) is 2.58. The number of non-ortho nitro benzene ring substituents is 1. The van der Waals surface area contributed by atoms with E-state index >= 15 is 0 Å². The van der Waals surface area contributed by atoms with Crippen molar-refractivity contribution in [1.82, 2.24) is 4.72 Å². The van der Waals surface area contributed by atoms with Crippen molar-refractivity contribution in [3.8, 4) is 5.75 Å². The molecule has 0 aliphatic heterocycles. The zero-order valence-electron chi connectivity index (χ0n) is 17.9. The molecule has 0 aliphatic carbocycles. The molecule has 0 radical (unpaired) electrons. The number of nitrogens with zero attached hydrogens (tertiary/aromatic N) is 1. The molecule has 1 atom stereocenters. The molecule has 0 unspecified atom stereocenters. The quantitative estimate of drug-likeness (QED) is 0.287. The summed E-state index contributed by atoms with van der Waals surface area (Å²) in [5, 5.41) is 13.0. The smallest absolute Gasteiger partial charge is 0.324 e. The Bertz CT molecular complexity index is 1140. The second-order valence-corrected chi connectivity index (χ2v) is 9.22. The van der Waals surface area contributed by atoms with Crippen LogP contribution in [0.3, 0.4) is 0 Å². The van der Waals surface area contributed by atoms with E-state index in [0.717, 1.165) is 12.1 Å². The van der Waals surface area contributed by atoms with E-state index in [1.165, 1.54) is 37.4 Å². The fraction of sp³-hybridized carbons (Fsp3) is 0.300. The number of sulfonamides is 1. The van der Waals surface area contributed by atoms with Crippen LogP contribution in [0.15, 0.2) is 47.4 Å². The minimum absolute atomic E-state index is 0.0730. The highest BCUT2D eigenvalue weighted by Crippen LogP contribution is 2.26. The summed E-state index contributed by atoms with van der Waals surface area (Å²) < 4.78 is 37.5. The van der Waals surface area contributed by atoms with E-state index in [1.807, 2.05) is 0 Å². The summed E-state index contributed by atoms with van der Waals surface area (Å²) in [5.74, 6) is -1.74. The third-order valence-corrected chi connectivity index (χ3v) is 6.13. The lowest BCUT2D eigenvalue weighted by Crippen LogP contribution is -2.45. The molecule has 13 heteroatoms. The summed E-state index contributed by atoms with van der Waals surface area (Å²) in [4.78, 5) is 34.6. The lowest BCUT2D eigenvalue weighted by molar-refractivity contribution is -0.384. The number of halogens is 1. The number of amides is 1. The van der Waals surface area contributed by atoms with Gasteiger partial charge < -0.3 is 14.8 Å². The molecule has 0 aromatic heterocycles. The topological polar surface area (TPSA) is 154 Å². The number of hydrogen-bond acceptors (Lipinski definition) is 8. The first-order valence-corrected chi connectivity index (χ1v) is 11.4. The fourth-order valence-corrected chi connectivity index (χ4v) is 4.13. The Morgan fingerprint density at radius 2 is 1.79 bits per heavy atom. The predicted octanol–water partition coefficient (Wildman–Crippen LogP) is 2.74. The highest BCUT2D eigenvalue weighted by molar-refractivity contribution is 7.89. The molecular weight excluding hydrogens is 478 g/mol. The molecule has 1 amide bonds. The second kappa shape index (κ2) is 11.1. The molecule has 0 saturated heterocycles. The molecule has 0 aliphatic rings. The number of nitro benzene ring substituents is 1. The molecule has 0 saturated carbocycles. The van der Waals surface area contributed by atoms with Gasteiger partial charge in [0.1, 0.15) is 11.8 Å². The molecular formula is C20H22ClN3O8S. The maximum atomic E-state index is 12.6. The van der Waals surface area contributed by atoms with Gasteiger partial charge in [0, 0.05) is 12.1 Å². The number of esters is 1. The average Bonchev–Trinajstić information content (AvgIpc) is 2.77. The van der Waals surface area contributed by atoms with Crippen LogP contribution in [0.5, 0.6) is 5.75 Å². The molecule has 2 rings (SSSR count). The molecule has 0 bridgehead atoms. The molecule has 0 fully saturated rings. The minimum Gasteiger partial charge on any atom is -0.497 e. The van der Waals surface area contributed by atoms with Gasteiger partial charge in [0.25, 0.3) is 11.6 Å². The van der Waals surface area contributed by atoms with Gasteiger partial charge in [-0.1, -0.05) is 25.4 Å². The lowest BCUT2D eigenvalue weighted by atomic mass is 10.1. The van der Waals surface area contributed by atoms with E-state index < -0.39 is 45.4 Å². The second-order valence-electron chi connectivity index (χ2n) is 7.10. The van der Waals surface area contributed by atoms with Crippen LogP contribution in [0.1, 0.15) is 13.8 Å². The largest absolute Gasteiger partial charge is 0.497 e. The Kier molecular flexibility index (Phi) is 8.74. The van der Waals surface area contributed by atoms with E-state index in [0.29, 0.717) is 5.75 Å². The molecule has 2 aromatic carbocycles. The van der Waals surface area contributed by atoms with Gasteiger partial charge in [0.15, 0.2) is 6.61 Å². The van der Waals surface area contributed by atoms with Crippen molar-refractivity contribution in [2.75, 3.05) is 19.0 Å². The summed E-state index contributed by atoms with van der Waals surface area (Å²) in [6.45, 7) is 2.50. The van der Waals surface area contributed by atoms with Crippen LogP contribution in [0.2, 0.25) is 5.02 Å². The van der Waals surface area contributed by atoms with E-state index in [2.05, 4.69) is 10.0 Å². The summed E-state index contributed by atoms with van der Waals surface area (Å²) in [6.07, 6.45) is 0. The van der Waals surface area contributed by atoms with E-state index in [4.69, 9.17) is 21.1 Å². The molecule has 178 valence electrons. The van der Waals surface area contributed by atoms with Crippen molar-refractivity contribution in [3.63, 3.8) is 0 Å². The van der Waals surface area contributed by atoms with Crippen LogP contribution in [-0.4, -0.2) is 45.0 Å². The standard InChI is InChI=1S/C20H22ClN3O8S/c1-12(2)19(23-33(29,30)15-7-5-14(31-3)6-8-15)20(26)32-11-18(25)22-17-9-4-13(24(27)28)10-16(17)21/h4-10,12,19,23H,11H2,1-3H3,(H,22,25)/t19-/m0/s1. The SMILES string of the molecule is COc1ccc(S(=O)(=O)N[C@H](C(=O)OCC(=O)Nc2ccc([N+](=O)[O-])cc2Cl)C(C)C)cc1. The van der Waals surface area contributed by atoms with Crippen LogP contribution < -0.4 is 14.8 Å². The first-order valence-electron chi connectivity index (χ1n) is 9.51. The summed E-state index contributed by atoms with van der Waals surface area (Å²) in [7, 11) is -2.62. The maximum Gasteiger partial charge on any atom is 0.324 e. The van der Waals surface area contributed by atoms with Gasteiger partial charge in [-0.05, 0) is 36.2 Å². The number of hydrogen-bond donors (Lipinski definition) is 2. The summed E-state index contributed by atoms with van der Waals surface area (Å²) in [6, 6.07) is 7.77. The predicted molar refractivity (Wildman–Crippen MR) is 120 cm³/mol. The van der Waals surface area contributed by atoms with E-state index in [-0.39, 0.29) is 21.3 Å². The molecule has 2 aromatic rings. The number of ether oxygens (including phenoxy) is 2. The number of anilines is 1. The van der Waals surface area contributed by atoms with Crippen LogP contribution in [0.4, 0.5) is 11.4 Å². The van der Waals surface area contributed by atoms with Crippen LogP contribution in [-0.2, 0) is 24.3 Å². The molecule has 2 N–H and O–H groups in total. The summed E-state index contributed by atoms with van der Waals surface area (Å²) >= 11 is 5.91. The Labute approximate surface area is 195 Å². The van der Waals surface area contributed by atoms with Crippen molar-refractivity contribution < 1.29 is 32.4 Å². The zero-order chi connectivity index (χ0) is 24.8. The Morgan fingerprint density at radius 1 is 1.15 bits per heavy atom. The van der Waals surface area contributed by atoms with Gasteiger partial charge in [-0.25, -0.2) is 8.42 Å². The van der Waals surface area contributed by atoms with Crippen molar-refractivity contribution >= 4 is 44.9 Å². The molecule has 0 heterocycles. The Hall–Kier alpha value is -3.22. The van der Waals surface area contributed by atoms with Gasteiger partial charge in [-0.15, -0.1) is 0 Å². The maximum absolute atomic E-state index is 12.6. The normalized spacial score (nSPS) is 12.2. The van der Waals surface area contributed by atoms with Crippen molar-refractivity contribution in [2.45, 2.75) is 24.8 Å². The number of carbonyl (C=O) groups excluding carboxylic acids is 2. The van der Waals surface area contributed by atoms with Gasteiger partial charge in [-0.2, -0.15) is 4.72 Å². The number of nitrogens with one attached hydrogen (secondary N) is 2. The van der Waals surface area contributed by atoms with Crippen LogP contribution in [0.25, 0.3) is 0 Å². The third-order valence-electron chi connectivity index (χ3n) is 4.36. The number of carbonyl (C=O) groups is 2. The number of benzene rings is 2. The number of rotatable bonds is 10. The first-order chi connectivity index (χ1) is 15.4. The van der Waals surface area contributed by atoms with Crippen LogP contribution in [0, 0.1) is 16.0 Å². The average molecular weight is 500 g/mol. The monoisotopic (exact) mass is 499 g/mol. The molecule has 33 heavy (non-hydrogen) atoms. The van der Waals surface area contributed by atoms with Crippen molar-refractivity contribution in [3.05, 3.63) is 57.6 Å². The first kappa shape index (κ1) is 26.0. The van der Waals surface area contributed by atoms with Gasteiger partial charge in [0.05, 0.1) is 27.6 Å². The zero-order valence-corrected chi connectivity index (χ0v) is 19.5. The van der Waals surface area contributed by atoms with Gasteiger partial charge >= 0.3 is 5.97 Å². The van der Waals surface area contributed by atoms with Crippen molar-refractivity contribution in [1.29, 1.82) is 0 Å². The highest BCUT2D eigenvalue weighted by Gasteiger charge is 2.30. The van der Waals surface area contributed by atoms with Crippen molar-refractivity contribution in [2.24, 2.45) is 5.92 Å². The molecule has 11 nitrogen and oxygen atoms in total. The minimum atomic E-state index is -4.06. The van der Waals surface area contributed by atoms with Gasteiger partial charge in [0.2, 0.25) is 10.0 Å². The Balaban J connectivity index is 2.02. The van der Waals surface area contributed by atoms with E-state index in [1.54, 1.807) is 13.8 Å². The van der Waals surface area contributed by atoms with Crippen LogP contribution >= 0.6 is 11.6 Å². The lowest BCUT2D eigenvalue weighted by Gasteiger charge is -2.21. The van der Waals surface area contributed by atoms with Gasteiger partial charge in [-0.3, -0.25) is 19.7 Å². The number of nitro groups is 1. The Morgan fingerprint density at radius 3 is 2.30 bits per heavy atom. The van der Waals surface area contributed by atoms with E-state index in [9.17, 15) is 28.1 Å². The number of methoxy groups -OCH3 is 1. The molecule has 0 spiro atoms. The highest BCUT2D eigenvalue weighted by atomic mass is 35.5. The third kappa shape index (κ3) is 7.14. The summed E-state index contributed by atoms with van der Waals surface area (Å²) in [5.41, 5.74) is -0.169.